The van der Waals surface area contributed by atoms with Crippen LogP contribution in [0.1, 0.15) is 44.9 Å². The highest BCUT2D eigenvalue weighted by atomic mass is 79.9. The highest BCUT2D eigenvalue weighted by Crippen LogP contribution is 2.22. The van der Waals surface area contributed by atoms with Gasteiger partial charge in [0.15, 0.2) is 0 Å². The van der Waals surface area contributed by atoms with Crippen LogP contribution in [0.3, 0.4) is 0 Å². The Morgan fingerprint density at radius 2 is 2.18 bits per heavy atom. The molecule has 0 saturated carbocycles. The average molecular weight is 318 g/mol. The molecule has 1 heterocycles. The standard InChI is InChI=1S/C14H24BrNS/c1-4-6-16-13(7-11(3)5-2)9-14-8-12(15)10-17-14/h8,10-11,13,16H,4-7,9H2,1-3H3. The number of hydrogen-bond acceptors (Lipinski definition) is 2. The van der Waals surface area contributed by atoms with Gasteiger partial charge in [0.1, 0.15) is 0 Å². The maximum Gasteiger partial charge on any atom is 0.0285 e. The summed E-state index contributed by atoms with van der Waals surface area (Å²) < 4.78 is 1.22. The van der Waals surface area contributed by atoms with Gasteiger partial charge < -0.3 is 5.32 Å². The van der Waals surface area contributed by atoms with E-state index in [0.29, 0.717) is 6.04 Å². The van der Waals surface area contributed by atoms with Crippen LogP contribution in [0.5, 0.6) is 0 Å². The van der Waals surface area contributed by atoms with Gasteiger partial charge in [-0.15, -0.1) is 11.3 Å². The zero-order valence-corrected chi connectivity index (χ0v) is 13.5. The van der Waals surface area contributed by atoms with Crippen LogP contribution in [0.25, 0.3) is 0 Å². The van der Waals surface area contributed by atoms with Crippen molar-refractivity contribution in [2.24, 2.45) is 5.92 Å². The minimum Gasteiger partial charge on any atom is -0.314 e. The Morgan fingerprint density at radius 1 is 1.41 bits per heavy atom. The van der Waals surface area contributed by atoms with Crippen LogP contribution in [-0.4, -0.2) is 12.6 Å². The third-order valence-corrected chi connectivity index (χ3v) is 4.86. The number of hydrogen-bond donors (Lipinski definition) is 1. The maximum absolute atomic E-state index is 3.68. The first-order valence-corrected chi connectivity index (χ1v) is 8.29. The van der Waals surface area contributed by atoms with Gasteiger partial charge in [0, 0.05) is 20.8 Å². The lowest BCUT2D eigenvalue weighted by Gasteiger charge is -2.21. The van der Waals surface area contributed by atoms with Gasteiger partial charge in [0.25, 0.3) is 0 Å². The monoisotopic (exact) mass is 317 g/mol. The molecule has 0 bridgehead atoms. The van der Waals surface area contributed by atoms with Crippen molar-refractivity contribution in [1.82, 2.24) is 5.32 Å². The van der Waals surface area contributed by atoms with Gasteiger partial charge in [-0.05, 0) is 53.7 Å². The Kier molecular flexibility index (Phi) is 7.40. The lowest BCUT2D eigenvalue weighted by atomic mass is 9.97. The van der Waals surface area contributed by atoms with E-state index in [0.717, 1.165) is 12.5 Å². The number of nitrogens with one attached hydrogen (secondary N) is 1. The van der Waals surface area contributed by atoms with Gasteiger partial charge in [0.05, 0.1) is 0 Å². The molecule has 0 aliphatic carbocycles. The van der Waals surface area contributed by atoms with Crippen LogP contribution < -0.4 is 5.32 Å². The first kappa shape index (κ1) is 15.2. The summed E-state index contributed by atoms with van der Waals surface area (Å²) >= 11 is 5.39. The first-order chi connectivity index (χ1) is 8.15. The molecule has 1 aromatic heterocycles. The molecule has 2 unspecified atom stereocenters. The van der Waals surface area contributed by atoms with E-state index >= 15 is 0 Å². The summed E-state index contributed by atoms with van der Waals surface area (Å²) in [7, 11) is 0. The van der Waals surface area contributed by atoms with E-state index < -0.39 is 0 Å². The second kappa shape index (κ2) is 8.28. The molecule has 0 radical (unpaired) electrons. The summed E-state index contributed by atoms with van der Waals surface area (Å²) in [6.45, 7) is 8.00. The van der Waals surface area contributed by atoms with Crippen LogP contribution in [-0.2, 0) is 6.42 Å². The summed E-state index contributed by atoms with van der Waals surface area (Å²) in [6, 6.07) is 2.89. The molecule has 3 heteroatoms. The second-order valence-corrected chi connectivity index (χ2v) is 6.75. The largest absolute Gasteiger partial charge is 0.314 e. The third kappa shape index (κ3) is 6.03. The second-order valence-electron chi connectivity index (χ2n) is 4.84. The number of thiophene rings is 1. The molecule has 2 atom stereocenters. The van der Waals surface area contributed by atoms with Crippen LogP contribution in [0.2, 0.25) is 0 Å². The summed E-state index contributed by atoms with van der Waals surface area (Å²) in [6.07, 6.45) is 4.94. The molecule has 1 rings (SSSR count). The molecule has 1 aromatic rings. The summed E-state index contributed by atoms with van der Waals surface area (Å²) in [5, 5.41) is 5.86. The predicted molar refractivity (Wildman–Crippen MR) is 81.9 cm³/mol. The van der Waals surface area contributed by atoms with E-state index in [9.17, 15) is 0 Å². The van der Waals surface area contributed by atoms with Crippen molar-refractivity contribution < 1.29 is 0 Å². The smallest absolute Gasteiger partial charge is 0.0285 e. The van der Waals surface area contributed by atoms with Gasteiger partial charge in [0.2, 0.25) is 0 Å². The Morgan fingerprint density at radius 3 is 2.71 bits per heavy atom. The summed E-state index contributed by atoms with van der Waals surface area (Å²) in [4.78, 5) is 1.48. The van der Waals surface area contributed by atoms with Gasteiger partial charge >= 0.3 is 0 Å². The topological polar surface area (TPSA) is 12.0 Å². The van der Waals surface area contributed by atoms with E-state index in [1.807, 2.05) is 11.3 Å². The molecule has 98 valence electrons. The van der Waals surface area contributed by atoms with Crippen molar-refractivity contribution in [3.8, 4) is 0 Å². The quantitative estimate of drug-likeness (QED) is 0.722. The molecule has 1 nitrogen and oxygen atoms in total. The SMILES string of the molecule is CCCNC(Cc1cc(Br)cs1)CC(C)CC. The molecular weight excluding hydrogens is 294 g/mol. The van der Waals surface area contributed by atoms with E-state index in [1.54, 1.807) is 0 Å². The van der Waals surface area contributed by atoms with Crippen LogP contribution in [0.4, 0.5) is 0 Å². The summed E-state index contributed by atoms with van der Waals surface area (Å²) in [5.74, 6) is 0.813. The fourth-order valence-corrected chi connectivity index (χ4v) is 3.48. The van der Waals surface area contributed by atoms with E-state index in [-0.39, 0.29) is 0 Å². The molecule has 0 aromatic carbocycles. The fraction of sp³-hybridized carbons (Fsp3) is 0.714. The number of halogens is 1. The lowest BCUT2D eigenvalue weighted by Crippen LogP contribution is -2.33. The lowest BCUT2D eigenvalue weighted by molar-refractivity contribution is 0.393. The molecule has 0 aliphatic rings. The molecule has 17 heavy (non-hydrogen) atoms. The molecular formula is C14H24BrNS. The van der Waals surface area contributed by atoms with E-state index in [1.165, 1.54) is 35.0 Å². The Balaban J connectivity index is 2.50. The fourth-order valence-electron chi connectivity index (χ4n) is 1.94. The van der Waals surface area contributed by atoms with Crippen LogP contribution in [0, 0.1) is 5.92 Å². The highest BCUT2D eigenvalue weighted by Gasteiger charge is 2.13. The third-order valence-electron chi connectivity index (χ3n) is 3.14. The summed E-state index contributed by atoms with van der Waals surface area (Å²) in [5.41, 5.74) is 0. The molecule has 1 N–H and O–H groups in total. The first-order valence-electron chi connectivity index (χ1n) is 6.62. The minimum absolute atomic E-state index is 0.635. The van der Waals surface area contributed by atoms with Gasteiger partial charge in [-0.2, -0.15) is 0 Å². The Bertz CT molecular complexity index is 311. The van der Waals surface area contributed by atoms with Gasteiger partial charge in [-0.1, -0.05) is 27.2 Å². The van der Waals surface area contributed by atoms with Crippen molar-refractivity contribution in [1.29, 1.82) is 0 Å². The molecule has 0 fully saturated rings. The van der Waals surface area contributed by atoms with Crippen molar-refractivity contribution in [3.63, 3.8) is 0 Å². The highest BCUT2D eigenvalue weighted by molar-refractivity contribution is 9.10. The average Bonchev–Trinajstić information content (AvgIpc) is 2.71. The molecule has 0 spiro atoms. The van der Waals surface area contributed by atoms with Crippen LogP contribution in [0.15, 0.2) is 15.9 Å². The molecule has 0 amide bonds. The molecule has 0 saturated heterocycles. The van der Waals surface area contributed by atoms with Crippen molar-refractivity contribution in [2.45, 2.75) is 52.5 Å². The van der Waals surface area contributed by atoms with Crippen molar-refractivity contribution in [2.75, 3.05) is 6.54 Å². The minimum atomic E-state index is 0.635. The van der Waals surface area contributed by atoms with Crippen molar-refractivity contribution in [3.05, 3.63) is 20.8 Å². The number of rotatable bonds is 8. The van der Waals surface area contributed by atoms with E-state index in [4.69, 9.17) is 0 Å². The van der Waals surface area contributed by atoms with E-state index in [2.05, 4.69) is 53.5 Å². The molecule has 0 aliphatic heterocycles. The predicted octanol–water partition coefficient (Wildman–Crippen LogP) is 4.86. The Labute approximate surface area is 118 Å². The zero-order chi connectivity index (χ0) is 12.7. The van der Waals surface area contributed by atoms with Crippen molar-refractivity contribution >= 4 is 27.3 Å². The Hall–Kier alpha value is 0.140. The van der Waals surface area contributed by atoms with Gasteiger partial charge in [-0.25, -0.2) is 0 Å². The normalized spacial score (nSPS) is 14.8. The zero-order valence-electron chi connectivity index (χ0n) is 11.1. The maximum atomic E-state index is 3.68. The van der Waals surface area contributed by atoms with Gasteiger partial charge in [-0.3, -0.25) is 0 Å². The van der Waals surface area contributed by atoms with Crippen LogP contribution >= 0.6 is 27.3 Å².